The van der Waals surface area contributed by atoms with Crippen molar-refractivity contribution < 1.29 is 28.6 Å². The number of rotatable bonds is 9. The van der Waals surface area contributed by atoms with Gasteiger partial charge in [-0.15, -0.1) is 0 Å². The van der Waals surface area contributed by atoms with Crippen LogP contribution in [0.25, 0.3) is 0 Å². The minimum Gasteiger partial charge on any atom is -0.481 e. The summed E-state index contributed by atoms with van der Waals surface area (Å²) in [5, 5.41) is 0. The zero-order valence-corrected chi connectivity index (χ0v) is 17.2. The lowest BCUT2D eigenvalue weighted by Crippen LogP contribution is -2.21. The van der Waals surface area contributed by atoms with Crippen molar-refractivity contribution >= 4 is 17.7 Å². The maximum atomic E-state index is 12.6. The van der Waals surface area contributed by atoms with Crippen molar-refractivity contribution in [3.05, 3.63) is 52.8 Å². The summed E-state index contributed by atoms with van der Waals surface area (Å²) in [4.78, 5) is 35.9. The lowest BCUT2D eigenvalue weighted by Gasteiger charge is -2.14. The highest BCUT2D eigenvalue weighted by molar-refractivity contribution is 5.99. The first-order valence-electron chi connectivity index (χ1n) is 9.85. The van der Waals surface area contributed by atoms with E-state index in [1.54, 1.807) is 18.2 Å². The van der Waals surface area contributed by atoms with Gasteiger partial charge in [-0.2, -0.15) is 0 Å². The second kappa shape index (κ2) is 9.58. The van der Waals surface area contributed by atoms with Gasteiger partial charge in [0, 0.05) is 30.1 Å². The number of esters is 1. The van der Waals surface area contributed by atoms with Gasteiger partial charge in [-0.1, -0.05) is 12.1 Å². The van der Waals surface area contributed by atoms with Gasteiger partial charge in [-0.25, -0.2) is 4.79 Å². The number of carbonyl (C=O) groups excluding carboxylic acids is 3. The van der Waals surface area contributed by atoms with E-state index in [2.05, 4.69) is 4.57 Å². The molecular formula is C22H26N2O6. The van der Waals surface area contributed by atoms with Crippen molar-refractivity contribution in [3.8, 4) is 5.75 Å². The van der Waals surface area contributed by atoms with Gasteiger partial charge in [-0.3, -0.25) is 9.59 Å². The summed E-state index contributed by atoms with van der Waals surface area (Å²) >= 11 is 0. The summed E-state index contributed by atoms with van der Waals surface area (Å²) in [6, 6.07) is 8.13. The van der Waals surface area contributed by atoms with Gasteiger partial charge in [0.25, 0.3) is 5.91 Å². The van der Waals surface area contributed by atoms with Crippen LogP contribution in [0.1, 0.15) is 44.9 Å². The zero-order valence-electron chi connectivity index (χ0n) is 17.2. The predicted molar refractivity (Wildman–Crippen MR) is 109 cm³/mol. The highest BCUT2D eigenvalue weighted by atomic mass is 16.6. The van der Waals surface area contributed by atoms with E-state index in [0.717, 1.165) is 30.8 Å². The zero-order chi connectivity index (χ0) is 21.7. The van der Waals surface area contributed by atoms with Crippen LogP contribution in [0.2, 0.25) is 0 Å². The number of amides is 1. The van der Waals surface area contributed by atoms with Crippen LogP contribution in [-0.2, 0) is 20.8 Å². The molecule has 8 nitrogen and oxygen atoms in total. The molecule has 0 radical (unpaired) electrons. The van der Waals surface area contributed by atoms with Gasteiger partial charge in [-0.05, 0) is 44.9 Å². The molecule has 2 heterocycles. The lowest BCUT2D eigenvalue weighted by atomic mass is 10.1. The fourth-order valence-corrected chi connectivity index (χ4v) is 3.55. The molecule has 0 unspecified atom stereocenters. The van der Waals surface area contributed by atoms with Gasteiger partial charge < -0.3 is 24.5 Å². The third kappa shape index (κ3) is 5.07. The van der Waals surface area contributed by atoms with Gasteiger partial charge in [0.15, 0.2) is 13.2 Å². The summed E-state index contributed by atoms with van der Waals surface area (Å²) in [5.41, 5.74) is 7.76. The molecule has 0 bridgehead atoms. The first kappa shape index (κ1) is 21.6. The molecule has 1 amide bonds. The van der Waals surface area contributed by atoms with Crippen LogP contribution >= 0.6 is 0 Å². The van der Waals surface area contributed by atoms with E-state index < -0.39 is 18.5 Å². The van der Waals surface area contributed by atoms with Crippen LogP contribution in [0.4, 0.5) is 0 Å². The SMILES string of the molecule is Cc1cc(C(=O)COC(=O)COc2ccccc2C(N)=O)c(C)n1C[C@@H]1CCCO1. The molecule has 0 saturated carbocycles. The molecule has 1 aliphatic rings. The Morgan fingerprint density at radius 1 is 1.17 bits per heavy atom. The molecule has 30 heavy (non-hydrogen) atoms. The van der Waals surface area contributed by atoms with Gasteiger partial charge in [0.1, 0.15) is 5.75 Å². The number of benzene rings is 1. The minimum absolute atomic E-state index is 0.163. The Labute approximate surface area is 174 Å². The van der Waals surface area contributed by atoms with Crippen LogP contribution in [0.3, 0.4) is 0 Å². The van der Waals surface area contributed by atoms with E-state index in [1.807, 2.05) is 13.8 Å². The van der Waals surface area contributed by atoms with E-state index >= 15 is 0 Å². The average molecular weight is 414 g/mol. The van der Waals surface area contributed by atoms with Crippen molar-refractivity contribution in [2.45, 2.75) is 39.3 Å². The molecule has 1 aliphatic heterocycles. The smallest absolute Gasteiger partial charge is 0.344 e. The van der Waals surface area contributed by atoms with Crippen molar-refractivity contribution in [1.29, 1.82) is 0 Å². The number of carbonyl (C=O) groups is 3. The maximum absolute atomic E-state index is 12.6. The van der Waals surface area contributed by atoms with E-state index in [1.165, 1.54) is 12.1 Å². The van der Waals surface area contributed by atoms with Gasteiger partial charge in [0.05, 0.1) is 11.7 Å². The number of ether oxygens (including phenoxy) is 3. The monoisotopic (exact) mass is 414 g/mol. The molecule has 1 aromatic heterocycles. The summed E-state index contributed by atoms with van der Waals surface area (Å²) in [6.07, 6.45) is 2.23. The van der Waals surface area contributed by atoms with Crippen molar-refractivity contribution in [2.24, 2.45) is 5.73 Å². The fraction of sp³-hybridized carbons (Fsp3) is 0.409. The Balaban J connectivity index is 1.54. The first-order chi connectivity index (χ1) is 14.4. The molecule has 2 N–H and O–H groups in total. The molecule has 160 valence electrons. The average Bonchev–Trinajstić information content (AvgIpc) is 3.34. The van der Waals surface area contributed by atoms with Crippen LogP contribution in [0.15, 0.2) is 30.3 Å². The van der Waals surface area contributed by atoms with Crippen LogP contribution in [0, 0.1) is 13.8 Å². The van der Waals surface area contributed by atoms with Gasteiger partial charge in [0.2, 0.25) is 5.78 Å². The van der Waals surface area contributed by atoms with Crippen LogP contribution in [0.5, 0.6) is 5.75 Å². The quantitative estimate of drug-likeness (QED) is 0.498. The molecular weight excluding hydrogens is 388 g/mol. The molecule has 1 fully saturated rings. The highest BCUT2D eigenvalue weighted by Crippen LogP contribution is 2.21. The topological polar surface area (TPSA) is 110 Å². The summed E-state index contributed by atoms with van der Waals surface area (Å²) < 4.78 is 18.1. The number of ketones is 1. The highest BCUT2D eigenvalue weighted by Gasteiger charge is 2.22. The molecule has 2 aromatic rings. The Hall–Kier alpha value is -3.13. The normalized spacial score (nSPS) is 15.7. The Morgan fingerprint density at radius 3 is 2.63 bits per heavy atom. The van der Waals surface area contributed by atoms with Crippen LogP contribution < -0.4 is 10.5 Å². The summed E-state index contributed by atoms with van der Waals surface area (Å²) in [7, 11) is 0. The largest absolute Gasteiger partial charge is 0.481 e. The number of aromatic nitrogens is 1. The number of Topliss-reactive ketones (excluding diaryl/α,β-unsaturated/α-hetero) is 1. The predicted octanol–water partition coefficient (Wildman–Crippen LogP) is 2.19. The molecule has 1 atom stereocenters. The third-order valence-electron chi connectivity index (χ3n) is 5.15. The summed E-state index contributed by atoms with van der Waals surface area (Å²) in [6.45, 7) is 4.48. The lowest BCUT2D eigenvalue weighted by molar-refractivity contribution is -0.144. The number of aryl methyl sites for hydroxylation is 1. The third-order valence-corrected chi connectivity index (χ3v) is 5.15. The molecule has 3 rings (SSSR count). The number of nitrogens with two attached hydrogens (primary N) is 1. The first-order valence-corrected chi connectivity index (χ1v) is 9.85. The molecule has 1 saturated heterocycles. The number of hydrogen-bond donors (Lipinski definition) is 1. The van der Waals surface area contributed by atoms with E-state index in [-0.39, 0.29) is 29.8 Å². The Bertz CT molecular complexity index is 943. The minimum atomic E-state index is -0.712. The second-order valence-corrected chi connectivity index (χ2v) is 7.26. The summed E-state index contributed by atoms with van der Waals surface area (Å²) in [5.74, 6) is -1.47. The number of primary amides is 1. The molecule has 0 spiro atoms. The van der Waals surface area contributed by atoms with Crippen molar-refractivity contribution in [3.63, 3.8) is 0 Å². The second-order valence-electron chi connectivity index (χ2n) is 7.26. The standard InChI is InChI=1S/C22H26N2O6/c1-14-10-18(15(2)24(14)11-16-6-5-9-28-16)19(25)12-30-21(26)13-29-20-8-4-3-7-17(20)22(23)27/h3-4,7-8,10,16H,5-6,9,11-13H2,1-2H3,(H2,23,27)/t16-/m0/s1. The van der Waals surface area contributed by atoms with E-state index in [0.29, 0.717) is 12.1 Å². The number of para-hydroxylation sites is 1. The van der Waals surface area contributed by atoms with Gasteiger partial charge >= 0.3 is 5.97 Å². The van der Waals surface area contributed by atoms with Crippen molar-refractivity contribution in [2.75, 3.05) is 19.8 Å². The fourth-order valence-electron chi connectivity index (χ4n) is 3.55. The molecule has 8 heteroatoms. The van der Waals surface area contributed by atoms with E-state index in [9.17, 15) is 14.4 Å². The maximum Gasteiger partial charge on any atom is 0.344 e. The van der Waals surface area contributed by atoms with Crippen molar-refractivity contribution in [1.82, 2.24) is 4.57 Å². The molecule has 1 aromatic carbocycles. The Morgan fingerprint density at radius 2 is 1.93 bits per heavy atom. The molecule has 0 aliphatic carbocycles. The Kier molecular flexibility index (Phi) is 6.89. The van der Waals surface area contributed by atoms with Crippen LogP contribution in [-0.4, -0.2) is 48.2 Å². The van der Waals surface area contributed by atoms with E-state index in [4.69, 9.17) is 19.9 Å². The number of hydrogen-bond acceptors (Lipinski definition) is 6. The number of nitrogens with zero attached hydrogens (tertiary/aromatic N) is 1.